The molecule has 10 heteroatoms. The summed E-state index contributed by atoms with van der Waals surface area (Å²) in [6.07, 6.45) is 1.66. The predicted molar refractivity (Wildman–Crippen MR) is 112 cm³/mol. The fraction of sp³-hybridized carbons (Fsp3) is 0.250. The van der Waals surface area contributed by atoms with Gasteiger partial charge in [-0.2, -0.15) is 0 Å². The maximum Gasteiger partial charge on any atom is 0.232 e. The van der Waals surface area contributed by atoms with Gasteiger partial charge in [0.2, 0.25) is 5.88 Å². The zero-order valence-electron chi connectivity index (χ0n) is 16.1. The normalized spacial score (nSPS) is 15.1. The van der Waals surface area contributed by atoms with E-state index in [0.29, 0.717) is 28.9 Å². The molecule has 0 saturated carbocycles. The fourth-order valence-corrected chi connectivity index (χ4v) is 4.79. The zero-order chi connectivity index (χ0) is 20.8. The van der Waals surface area contributed by atoms with Crippen molar-refractivity contribution in [2.45, 2.75) is 19.4 Å². The molecule has 5 rings (SSSR count). The van der Waals surface area contributed by atoms with E-state index in [2.05, 4.69) is 25.0 Å². The van der Waals surface area contributed by atoms with Gasteiger partial charge in [0, 0.05) is 28.5 Å². The van der Waals surface area contributed by atoms with E-state index in [9.17, 15) is 4.39 Å². The van der Waals surface area contributed by atoms with Gasteiger partial charge in [0.25, 0.3) is 0 Å². The maximum absolute atomic E-state index is 14.6. The fourth-order valence-electron chi connectivity index (χ4n) is 3.68. The van der Waals surface area contributed by atoms with Crippen LogP contribution in [0.5, 0.6) is 11.6 Å². The molecule has 150 valence electrons. The van der Waals surface area contributed by atoms with E-state index >= 15 is 0 Å². The minimum absolute atomic E-state index is 0.151. The largest absolute Gasteiger partial charge is 0.487 e. The Morgan fingerprint density at radius 3 is 3.00 bits per heavy atom. The standard InChI is InChI=1S/C20H15FN6O2S/c1-9-3-11(17-14(4-9)25-16(28-2)8-23-17)20-26-15-6-13(21)18-12(19(15)30-20)5-10(29-18)7-24-27-22/h3-4,6,8,10H,5,7H2,1-2H3/t10-/m0/s1. The van der Waals surface area contributed by atoms with Crippen molar-refractivity contribution in [3.8, 4) is 22.2 Å². The minimum atomic E-state index is -0.462. The number of hydrogen-bond acceptors (Lipinski definition) is 7. The topological polar surface area (TPSA) is 106 Å². The quantitative estimate of drug-likeness (QED) is 0.262. The van der Waals surface area contributed by atoms with Crippen molar-refractivity contribution in [3.05, 3.63) is 51.8 Å². The van der Waals surface area contributed by atoms with E-state index in [0.717, 1.165) is 26.4 Å². The van der Waals surface area contributed by atoms with Gasteiger partial charge in [-0.3, -0.25) is 0 Å². The average Bonchev–Trinajstić information content (AvgIpc) is 3.35. The molecule has 0 fully saturated rings. The summed E-state index contributed by atoms with van der Waals surface area (Å²) in [5.41, 5.74) is 13.1. The average molecular weight is 422 g/mol. The Morgan fingerprint density at radius 2 is 2.20 bits per heavy atom. The molecule has 1 aliphatic heterocycles. The second-order valence-electron chi connectivity index (χ2n) is 6.98. The third-order valence-electron chi connectivity index (χ3n) is 4.96. The summed E-state index contributed by atoms with van der Waals surface area (Å²) in [6, 6.07) is 5.32. The van der Waals surface area contributed by atoms with Crippen molar-refractivity contribution in [3.63, 3.8) is 0 Å². The molecular weight excluding hydrogens is 407 g/mol. The van der Waals surface area contributed by atoms with Gasteiger partial charge in [-0.15, -0.1) is 11.3 Å². The first-order chi connectivity index (χ1) is 14.6. The molecule has 2 aromatic carbocycles. The summed E-state index contributed by atoms with van der Waals surface area (Å²) in [5.74, 6) is 0.192. The second kappa shape index (κ2) is 7.08. The molecule has 0 bridgehead atoms. The lowest BCUT2D eigenvalue weighted by Crippen LogP contribution is -2.16. The number of hydrogen-bond donors (Lipinski definition) is 0. The van der Waals surface area contributed by atoms with Crippen LogP contribution in [0, 0.1) is 12.7 Å². The van der Waals surface area contributed by atoms with Crippen LogP contribution in [-0.4, -0.2) is 34.7 Å². The lowest BCUT2D eigenvalue weighted by atomic mass is 10.1. The number of nitrogens with zero attached hydrogens (tertiary/aromatic N) is 6. The molecule has 0 aliphatic carbocycles. The maximum atomic E-state index is 14.6. The second-order valence-corrected chi connectivity index (χ2v) is 7.98. The molecule has 0 unspecified atom stereocenters. The molecule has 0 spiro atoms. The number of azide groups is 1. The summed E-state index contributed by atoms with van der Waals surface area (Å²) >= 11 is 1.46. The number of benzene rings is 2. The van der Waals surface area contributed by atoms with Gasteiger partial charge < -0.3 is 9.47 Å². The molecule has 0 radical (unpaired) electrons. The number of thiazole rings is 1. The highest BCUT2D eigenvalue weighted by atomic mass is 32.1. The van der Waals surface area contributed by atoms with Gasteiger partial charge in [0.15, 0.2) is 11.6 Å². The van der Waals surface area contributed by atoms with E-state index in [-0.39, 0.29) is 18.4 Å². The van der Waals surface area contributed by atoms with Crippen LogP contribution in [0.3, 0.4) is 0 Å². The van der Waals surface area contributed by atoms with Crippen molar-refractivity contribution < 1.29 is 13.9 Å². The van der Waals surface area contributed by atoms with E-state index in [1.54, 1.807) is 13.3 Å². The molecule has 0 amide bonds. The van der Waals surface area contributed by atoms with Crippen molar-refractivity contribution in [1.29, 1.82) is 0 Å². The zero-order valence-corrected chi connectivity index (χ0v) is 16.9. The lowest BCUT2D eigenvalue weighted by molar-refractivity contribution is 0.232. The van der Waals surface area contributed by atoms with Gasteiger partial charge in [-0.05, 0) is 30.2 Å². The van der Waals surface area contributed by atoms with Crippen LogP contribution >= 0.6 is 11.3 Å². The lowest BCUT2D eigenvalue weighted by Gasteiger charge is -2.06. The van der Waals surface area contributed by atoms with Crippen LogP contribution in [0.15, 0.2) is 29.5 Å². The van der Waals surface area contributed by atoms with Crippen molar-refractivity contribution in [2.75, 3.05) is 13.7 Å². The van der Waals surface area contributed by atoms with Crippen LogP contribution in [0.2, 0.25) is 0 Å². The number of methoxy groups -OCH3 is 1. The Balaban J connectivity index is 1.66. The molecule has 1 atom stereocenters. The van der Waals surface area contributed by atoms with Crippen LogP contribution < -0.4 is 9.47 Å². The monoisotopic (exact) mass is 422 g/mol. The number of ether oxygens (including phenoxy) is 2. The predicted octanol–water partition coefficient (Wildman–Crippen LogP) is 4.98. The smallest absolute Gasteiger partial charge is 0.232 e. The molecule has 8 nitrogen and oxygen atoms in total. The minimum Gasteiger partial charge on any atom is -0.487 e. The molecule has 3 heterocycles. The van der Waals surface area contributed by atoms with E-state index < -0.39 is 5.82 Å². The van der Waals surface area contributed by atoms with Gasteiger partial charge in [0.1, 0.15) is 11.1 Å². The van der Waals surface area contributed by atoms with Gasteiger partial charge in [-0.25, -0.2) is 19.3 Å². The van der Waals surface area contributed by atoms with Gasteiger partial charge >= 0.3 is 0 Å². The number of fused-ring (bicyclic) bond motifs is 4. The molecule has 2 aromatic heterocycles. The van der Waals surface area contributed by atoms with Crippen LogP contribution in [0.25, 0.3) is 42.3 Å². The Hall–Kier alpha value is -3.49. The molecular formula is C20H15FN6O2S. The van der Waals surface area contributed by atoms with Crippen molar-refractivity contribution in [1.82, 2.24) is 15.0 Å². The number of aryl methyl sites for hydroxylation is 1. The Bertz CT molecular complexity index is 1360. The summed E-state index contributed by atoms with van der Waals surface area (Å²) < 4.78 is 26.4. The number of aromatic nitrogens is 3. The summed E-state index contributed by atoms with van der Waals surface area (Å²) in [7, 11) is 1.55. The van der Waals surface area contributed by atoms with Crippen LogP contribution in [0.4, 0.5) is 4.39 Å². The third kappa shape index (κ3) is 2.97. The highest BCUT2D eigenvalue weighted by Gasteiger charge is 2.29. The first-order valence-corrected chi connectivity index (χ1v) is 10.00. The van der Waals surface area contributed by atoms with E-state index in [4.69, 9.17) is 15.0 Å². The van der Waals surface area contributed by atoms with E-state index in [1.165, 1.54) is 17.4 Å². The number of halogens is 1. The molecule has 30 heavy (non-hydrogen) atoms. The summed E-state index contributed by atoms with van der Waals surface area (Å²) in [5, 5.41) is 4.28. The van der Waals surface area contributed by atoms with Gasteiger partial charge in [-0.1, -0.05) is 5.11 Å². The van der Waals surface area contributed by atoms with Crippen molar-refractivity contribution in [2.24, 2.45) is 5.11 Å². The first-order valence-electron chi connectivity index (χ1n) is 9.18. The highest BCUT2D eigenvalue weighted by molar-refractivity contribution is 7.22. The molecule has 0 N–H and O–H groups in total. The molecule has 4 aromatic rings. The van der Waals surface area contributed by atoms with Gasteiger partial charge in [0.05, 0.1) is 41.1 Å². The Kier molecular flexibility index (Phi) is 4.38. The first kappa shape index (κ1) is 18.5. The van der Waals surface area contributed by atoms with Crippen LogP contribution in [-0.2, 0) is 6.42 Å². The molecule has 1 aliphatic rings. The molecule has 0 saturated heterocycles. The Morgan fingerprint density at radius 1 is 1.33 bits per heavy atom. The van der Waals surface area contributed by atoms with Crippen LogP contribution in [0.1, 0.15) is 11.1 Å². The van der Waals surface area contributed by atoms with Crippen molar-refractivity contribution >= 4 is 32.6 Å². The SMILES string of the molecule is COc1cnc2c(-c3nc4cc(F)c5c(c4s3)C[C@@H](CN=[N+]=[N-])O5)cc(C)cc2n1. The summed E-state index contributed by atoms with van der Waals surface area (Å²) in [6.45, 7) is 2.13. The summed E-state index contributed by atoms with van der Waals surface area (Å²) in [4.78, 5) is 16.4. The Labute approximate surface area is 173 Å². The number of rotatable bonds is 4. The highest BCUT2D eigenvalue weighted by Crippen LogP contribution is 2.43. The van der Waals surface area contributed by atoms with E-state index in [1.807, 2.05) is 19.1 Å². The third-order valence-corrected chi connectivity index (χ3v) is 6.12.